The van der Waals surface area contributed by atoms with Crippen molar-refractivity contribution in [2.75, 3.05) is 17.6 Å². The van der Waals surface area contributed by atoms with Crippen LogP contribution in [0, 0.1) is 11.6 Å². The zero-order valence-corrected chi connectivity index (χ0v) is 10.1. The minimum Gasteiger partial charge on any atom is -0.395 e. The van der Waals surface area contributed by atoms with E-state index in [-0.39, 0.29) is 17.9 Å². The van der Waals surface area contributed by atoms with Crippen LogP contribution in [0.2, 0.25) is 0 Å². The quantitative estimate of drug-likeness (QED) is 0.744. The van der Waals surface area contributed by atoms with E-state index in [1.54, 1.807) is 24.3 Å². The molecule has 0 aliphatic rings. The first kappa shape index (κ1) is 13.3. The molecule has 1 unspecified atom stereocenters. The van der Waals surface area contributed by atoms with Gasteiger partial charge >= 0.3 is 0 Å². The van der Waals surface area contributed by atoms with E-state index in [0.717, 1.165) is 6.07 Å². The van der Waals surface area contributed by atoms with Gasteiger partial charge in [0.2, 0.25) is 0 Å². The summed E-state index contributed by atoms with van der Waals surface area (Å²) in [5.74, 6) is -1.54. The van der Waals surface area contributed by atoms with Crippen molar-refractivity contribution in [2.45, 2.75) is 6.10 Å². The molecule has 19 heavy (non-hydrogen) atoms. The molecule has 3 nitrogen and oxygen atoms in total. The zero-order valence-electron chi connectivity index (χ0n) is 10.1. The first-order valence-corrected chi connectivity index (χ1v) is 5.79. The molecule has 1 atom stereocenters. The Balaban J connectivity index is 2.07. The van der Waals surface area contributed by atoms with Gasteiger partial charge in [-0.1, -0.05) is 30.3 Å². The summed E-state index contributed by atoms with van der Waals surface area (Å²) < 4.78 is 26.3. The second-order valence-electron chi connectivity index (χ2n) is 4.16. The molecule has 0 radical (unpaired) electrons. The number of aliphatic hydroxyl groups excluding tert-OH is 1. The molecule has 0 fully saturated rings. The summed E-state index contributed by atoms with van der Waals surface area (Å²) in [5, 5.41) is 12.7. The molecule has 0 saturated heterocycles. The van der Waals surface area contributed by atoms with E-state index in [0.29, 0.717) is 11.6 Å². The van der Waals surface area contributed by atoms with Gasteiger partial charge in [0, 0.05) is 12.6 Å². The molecule has 5 heteroatoms. The van der Waals surface area contributed by atoms with Gasteiger partial charge in [0.15, 0.2) is 5.82 Å². The predicted octanol–water partition coefficient (Wildman–Crippen LogP) is 2.69. The van der Waals surface area contributed by atoms with E-state index < -0.39 is 17.7 Å². The largest absolute Gasteiger partial charge is 0.395 e. The number of rotatable bonds is 4. The second-order valence-corrected chi connectivity index (χ2v) is 4.16. The molecule has 0 amide bonds. The molecule has 0 aromatic heterocycles. The minimum atomic E-state index is -0.822. The molecule has 0 aliphatic carbocycles. The Bertz CT molecular complexity index is 561. The van der Waals surface area contributed by atoms with Crippen molar-refractivity contribution in [3.63, 3.8) is 0 Å². The average Bonchev–Trinajstić information content (AvgIpc) is 2.41. The lowest BCUT2D eigenvalue weighted by Crippen LogP contribution is -2.13. The van der Waals surface area contributed by atoms with Crippen molar-refractivity contribution >= 4 is 11.4 Å². The molecule has 0 aliphatic heterocycles. The molecule has 2 aromatic rings. The molecule has 0 saturated carbocycles. The molecule has 0 bridgehead atoms. The highest BCUT2D eigenvalue weighted by molar-refractivity contribution is 5.66. The Morgan fingerprint density at radius 1 is 1.16 bits per heavy atom. The normalized spacial score (nSPS) is 12.2. The van der Waals surface area contributed by atoms with Crippen molar-refractivity contribution in [1.82, 2.24) is 0 Å². The van der Waals surface area contributed by atoms with Crippen LogP contribution in [0.3, 0.4) is 0 Å². The number of nitrogen functional groups attached to an aromatic ring is 1. The maximum atomic E-state index is 13.2. The Labute approximate surface area is 109 Å². The van der Waals surface area contributed by atoms with Gasteiger partial charge in [-0.25, -0.2) is 8.78 Å². The first-order chi connectivity index (χ1) is 9.08. The van der Waals surface area contributed by atoms with Crippen molar-refractivity contribution in [3.8, 4) is 0 Å². The fraction of sp³-hybridized carbons (Fsp3) is 0.143. The van der Waals surface area contributed by atoms with Gasteiger partial charge in [-0.3, -0.25) is 0 Å². The van der Waals surface area contributed by atoms with Gasteiger partial charge < -0.3 is 16.2 Å². The standard InChI is InChI=1S/C14H14F2N2O/c15-10-6-11(16)14(17)12(7-10)18-8-13(19)9-4-2-1-3-5-9/h1-7,13,18-19H,8,17H2. The third kappa shape index (κ3) is 3.20. The number of hydrogen-bond donors (Lipinski definition) is 3. The maximum Gasteiger partial charge on any atom is 0.151 e. The molecule has 2 aromatic carbocycles. The van der Waals surface area contributed by atoms with Crippen molar-refractivity contribution in [1.29, 1.82) is 0 Å². The fourth-order valence-electron chi connectivity index (χ4n) is 1.73. The second kappa shape index (κ2) is 5.67. The van der Waals surface area contributed by atoms with Crippen molar-refractivity contribution < 1.29 is 13.9 Å². The number of anilines is 2. The predicted molar refractivity (Wildman–Crippen MR) is 70.7 cm³/mol. The third-order valence-electron chi connectivity index (χ3n) is 2.76. The lowest BCUT2D eigenvalue weighted by molar-refractivity contribution is 0.191. The highest BCUT2D eigenvalue weighted by Gasteiger charge is 2.11. The highest BCUT2D eigenvalue weighted by atomic mass is 19.1. The van der Waals surface area contributed by atoms with Crippen LogP contribution >= 0.6 is 0 Å². The van der Waals surface area contributed by atoms with Crippen LogP contribution in [-0.2, 0) is 0 Å². The van der Waals surface area contributed by atoms with Crippen LogP contribution in [-0.4, -0.2) is 11.7 Å². The molecular weight excluding hydrogens is 250 g/mol. The van der Waals surface area contributed by atoms with Crippen molar-refractivity contribution in [3.05, 3.63) is 59.7 Å². The SMILES string of the molecule is Nc1c(F)cc(F)cc1NCC(O)c1ccccc1. The molecule has 4 N–H and O–H groups in total. The molecule has 2 rings (SSSR count). The summed E-state index contributed by atoms with van der Waals surface area (Å²) in [6.45, 7) is 0.108. The third-order valence-corrected chi connectivity index (χ3v) is 2.76. The topological polar surface area (TPSA) is 58.3 Å². The fourth-order valence-corrected chi connectivity index (χ4v) is 1.73. The summed E-state index contributed by atoms with van der Waals surface area (Å²) in [5.41, 5.74) is 6.17. The Kier molecular flexibility index (Phi) is 3.97. The Morgan fingerprint density at radius 2 is 1.84 bits per heavy atom. The van der Waals surface area contributed by atoms with E-state index in [1.165, 1.54) is 0 Å². The van der Waals surface area contributed by atoms with Gasteiger partial charge in [0.25, 0.3) is 0 Å². The zero-order chi connectivity index (χ0) is 13.8. The van der Waals surface area contributed by atoms with Gasteiger partial charge in [0.1, 0.15) is 5.82 Å². The van der Waals surface area contributed by atoms with Crippen LogP contribution in [0.5, 0.6) is 0 Å². The van der Waals surface area contributed by atoms with E-state index in [1.807, 2.05) is 6.07 Å². The van der Waals surface area contributed by atoms with Crippen molar-refractivity contribution in [2.24, 2.45) is 0 Å². The smallest absolute Gasteiger partial charge is 0.151 e. The lowest BCUT2D eigenvalue weighted by Gasteiger charge is -2.14. The van der Waals surface area contributed by atoms with Gasteiger partial charge in [0.05, 0.1) is 17.5 Å². The number of benzene rings is 2. The number of nitrogens with one attached hydrogen (secondary N) is 1. The summed E-state index contributed by atoms with van der Waals surface area (Å²) in [6, 6.07) is 10.8. The Morgan fingerprint density at radius 3 is 2.53 bits per heavy atom. The number of halogens is 2. The summed E-state index contributed by atoms with van der Waals surface area (Å²) in [7, 11) is 0. The lowest BCUT2D eigenvalue weighted by atomic mass is 10.1. The Hall–Kier alpha value is -2.14. The summed E-state index contributed by atoms with van der Waals surface area (Å²) in [6.07, 6.45) is -0.785. The van der Waals surface area contributed by atoms with Gasteiger partial charge in [-0.15, -0.1) is 0 Å². The minimum absolute atomic E-state index is 0.108. The maximum absolute atomic E-state index is 13.2. The van der Waals surface area contributed by atoms with E-state index in [9.17, 15) is 13.9 Å². The van der Waals surface area contributed by atoms with E-state index in [2.05, 4.69) is 5.32 Å². The average molecular weight is 264 g/mol. The van der Waals surface area contributed by atoms with Crippen LogP contribution in [0.4, 0.5) is 20.2 Å². The van der Waals surface area contributed by atoms with Crippen LogP contribution in [0.1, 0.15) is 11.7 Å². The van der Waals surface area contributed by atoms with Crippen LogP contribution < -0.4 is 11.1 Å². The number of hydrogen-bond acceptors (Lipinski definition) is 3. The number of aliphatic hydroxyl groups is 1. The van der Waals surface area contributed by atoms with Crippen LogP contribution in [0.15, 0.2) is 42.5 Å². The molecular formula is C14H14F2N2O. The van der Waals surface area contributed by atoms with Gasteiger partial charge in [-0.05, 0) is 11.6 Å². The summed E-state index contributed by atoms with van der Waals surface area (Å²) in [4.78, 5) is 0. The first-order valence-electron chi connectivity index (χ1n) is 5.79. The summed E-state index contributed by atoms with van der Waals surface area (Å²) >= 11 is 0. The monoisotopic (exact) mass is 264 g/mol. The number of nitrogens with two attached hydrogens (primary N) is 1. The van der Waals surface area contributed by atoms with Crippen LogP contribution in [0.25, 0.3) is 0 Å². The van der Waals surface area contributed by atoms with E-state index in [4.69, 9.17) is 5.73 Å². The highest BCUT2D eigenvalue weighted by Crippen LogP contribution is 2.24. The molecule has 100 valence electrons. The van der Waals surface area contributed by atoms with E-state index >= 15 is 0 Å². The van der Waals surface area contributed by atoms with Gasteiger partial charge in [-0.2, -0.15) is 0 Å². The molecule has 0 spiro atoms. The molecule has 0 heterocycles.